The summed E-state index contributed by atoms with van der Waals surface area (Å²) in [5.41, 5.74) is 0.627. The fraction of sp³-hybridized carbons (Fsp3) is 0.273. The molecule has 84 valence electrons. The van der Waals surface area contributed by atoms with Crippen molar-refractivity contribution in [3.05, 3.63) is 24.3 Å². The third kappa shape index (κ3) is 1.71. The van der Waals surface area contributed by atoms with E-state index in [2.05, 4.69) is 5.10 Å². The van der Waals surface area contributed by atoms with Crippen LogP contribution in [0.25, 0.3) is 0 Å². The Morgan fingerprint density at radius 3 is 2.62 bits per heavy atom. The zero-order valence-corrected chi connectivity index (χ0v) is 9.14. The van der Waals surface area contributed by atoms with Gasteiger partial charge in [-0.15, -0.1) is 5.10 Å². The Balaban J connectivity index is 2.37. The summed E-state index contributed by atoms with van der Waals surface area (Å²) in [7, 11) is 3.05. The average molecular weight is 220 g/mol. The van der Waals surface area contributed by atoms with E-state index in [-0.39, 0.29) is 12.3 Å². The summed E-state index contributed by atoms with van der Waals surface area (Å²) in [6.45, 7) is 0. The van der Waals surface area contributed by atoms with Crippen LogP contribution in [0.3, 0.4) is 0 Å². The molecule has 5 nitrogen and oxygen atoms in total. The van der Waals surface area contributed by atoms with E-state index in [0.717, 1.165) is 0 Å². The number of hydrazone groups is 1. The molecular weight excluding hydrogens is 208 g/mol. The van der Waals surface area contributed by atoms with Gasteiger partial charge in [-0.25, -0.2) is 0 Å². The lowest BCUT2D eigenvalue weighted by Crippen LogP contribution is -2.20. The Hall–Kier alpha value is -2.04. The summed E-state index contributed by atoms with van der Waals surface area (Å²) < 4.78 is 10.1. The van der Waals surface area contributed by atoms with Crippen LogP contribution in [0.15, 0.2) is 29.4 Å². The van der Waals surface area contributed by atoms with Gasteiger partial charge in [0, 0.05) is 0 Å². The standard InChI is InChI=1S/C11H12N2O3/c1-15-9-6-4-3-5-8(9)13-11(14)7-10(12-13)16-2/h3-6H,7H2,1-2H3. The van der Waals surface area contributed by atoms with Gasteiger partial charge < -0.3 is 9.47 Å². The van der Waals surface area contributed by atoms with Crippen LogP contribution in [0.2, 0.25) is 0 Å². The van der Waals surface area contributed by atoms with Gasteiger partial charge in [0.15, 0.2) is 0 Å². The predicted molar refractivity (Wildman–Crippen MR) is 59.5 cm³/mol. The lowest BCUT2D eigenvalue weighted by atomic mass is 10.3. The largest absolute Gasteiger partial charge is 0.494 e. The summed E-state index contributed by atoms with van der Waals surface area (Å²) in [5.74, 6) is 0.897. The molecule has 1 aromatic carbocycles. The summed E-state index contributed by atoms with van der Waals surface area (Å²) in [4.78, 5) is 11.7. The van der Waals surface area contributed by atoms with Crippen LogP contribution >= 0.6 is 0 Å². The molecule has 0 aliphatic carbocycles. The van der Waals surface area contributed by atoms with Gasteiger partial charge in [0.25, 0.3) is 5.91 Å². The molecule has 0 saturated carbocycles. The quantitative estimate of drug-likeness (QED) is 0.756. The maximum Gasteiger partial charge on any atom is 0.257 e. The van der Waals surface area contributed by atoms with Crippen molar-refractivity contribution >= 4 is 17.5 Å². The number of carbonyl (C=O) groups is 1. The summed E-state index contributed by atoms with van der Waals surface area (Å²) in [5, 5.41) is 5.37. The van der Waals surface area contributed by atoms with Crippen molar-refractivity contribution in [3.8, 4) is 5.75 Å². The van der Waals surface area contributed by atoms with Crippen LogP contribution in [0.5, 0.6) is 5.75 Å². The molecule has 0 unspecified atom stereocenters. The number of amides is 1. The lowest BCUT2D eigenvalue weighted by Gasteiger charge is -2.14. The molecular formula is C11H12N2O3. The molecule has 0 N–H and O–H groups in total. The van der Waals surface area contributed by atoms with E-state index in [1.165, 1.54) is 12.1 Å². The molecule has 0 bridgehead atoms. The van der Waals surface area contributed by atoms with Crippen LogP contribution < -0.4 is 9.75 Å². The second-order valence-electron chi connectivity index (χ2n) is 3.25. The number of anilines is 1. The van der Waals surface area contributed by atoms with Gasteiger partial charge in [0.2, 0.25) is 5.90 Å². The first-order valence-corrected chi connectivity index (χ1v) is 4.83. The second-order valence-corrected chi connectivity index (χ2v) is 3.25. The molecule has 0 fully saturated rings. The number of ether oxygens (including phenoxy) is 2. The molecule has 0 atom stereocenters. The summed E-state index contributed by atoms with van der Waals surface area (Å²) >= 11 is 0. The number of hydrogen-bond donors (Lipinski definition) is 0. The van der Waals surface area contributed by atoms with E-state index in [1.54, 1.807) is 19.2 Å². The summed E-state index contributed by atoms with van der Waals surface area (Å²) in [6, 6.07) is 7.22. The molecule has 1 heterocycles. The molecule has 0 radical (unpaired) electrons. The summed E-state index contributed by atoms with van der Waals surface area (Å²) in [6.07, 6.45) is 0.189. The Morgan fingerprint density at radius 1 is 1.25 bits per heavy atom. The zero-order valence-electron chi connectivity index (χ0n) is 9.14. The van der Waals surface area contributed by atoms with E-state index in [1.807, 2.05) is 12.1 Å². The van der Waals surface area contributed by atoms with E-state index in [0.29, 0.717) is 17.3 Å². The molecule has 2 rings (SSSR count). The van der Waals surface area contributed by atoms with Crippen molar-refractivity contribution in [3.63, 3.8) is 0 Å². The number of nitrogens with zero attached hydrogens (tertiary/aromatic N) is 2. The Kier molecular flexibility index (Phi) is 2.76. The third-order valence-corrected chi connectivity index (χ3v) is 2.30. The molecule has 16 heavy (non-hydrogen) atoms. The van der Waals surface area contributed by atoms with Gasteiger partial charge in [-0.3, -0.25) is 4.79 Å². The average Bonchev–Trinajstić information content (AvgIpc) is 2.70. The lowest BCUT2D eigenvalue weighted by molar-refractivity contribution is -0.117. The molecule has 5 heteroatoms. The fourth-order valence-corrected chi connectivity index (χ4v) is 1.51. The Bertz CT molecular complexity index is 443. The van der Waals surface area contributed by atoms with Crippen LogP contribution in [0, 0.1) is 0 Å². The van der Waals surface area contributed by atoms with Crippen molar-refractivity contribution < 1.29 is 14.3 Å². The van der Waals surface area contributed by atoms with Crippen molar-refractivity contribution in [2.75, 3.05) is 19.2 Å². The first-order chi connectivity index (χ1) is 7.76. The number of carbonyl (C=O) groups excluding carboxylic acids is 1. The van der Waals surface area contributed by atoms with E-state index in [9.17, 15) is 4.79 Å². The minimum absolute atomic E-state index is 0.124. The molecule has 1 aliphatic heterocycles. The molecule has 0 aromatic heterocycles. The normalized spacial score (nSPS) is 15.0. The molecule has 1 aromatic rings. The van der Waals surface area contributed by atoms with Crippen LogP contribution in [0.1, 0.15) is 6.42 Å². The number of rotatable bonds is 2. The highest BCUT2D eigenvalue weighted by molar-refractivity contribution is 6.10. The third-order valence-electron chi connectivity index (χ3n) is 2.30. The first kappa shape index (κ1) is 10.5. The van der Waals surface area contributed by atoms with Gasteiger partial charge in [-0.1, -0.05) is 12.1 Å². The zero-order chi connectivity index (χ0) is 11.5. The highest BCUT2D eigenvalue weighted by atomic mass is 16.5. The second kappa shape index (κ2) is 4.22. The fourth-order valence-electron chi connectivity index (χ4n) is 1.51. The smallest absolute Gasteiger partial charge is 0.257 e. The number of para-hydroxylation sites is 2. The maximum atomic E-state index is 11.7. The first-order valence-electron chi connectivity index (χ1n) is 4.83. The Morgan fingerprint density at radius 2 is 2.00 bits per heavy atom. The number of methoxy groups -OCH3 is 2. The Labute approximate surface area is 93.3 Å². The predicted octanol–water partition coefficient (Wildman–Crippen LogP) is 1.39. The number of benzene rings is 1. The highest BCUT2D eigenvalue weighted by Crippen LogP contribution is 2.30. The van der Waals surface area contributed by atoms with Gasteiger partial charge in [0.05, 0.1) is 14.2 Å². The van der Waals surface area contributed by atoms with Crippen LogP contribution in [-0.2, 0) is 9.53 Å². The van der Waals surface area contributed by atoms with E-state index >= 15 is 0 Å². The van der Waals surface area contributed by atoms with Gasteiger partial charge in [-0.2, -0.15) is 5.01 Å². The van der Waals surface area contributed by atoms with E-state index in [4.69, 9.17) is 9.47 Å². The number of hydrogen-bond acceptors (Lipinski definition) is 4. The minimum atomic E-state index is -0.124. The molecule has 0 saturated heterocycles. The molecule has 1 amide bonds. The molecule has 1 aliphatic rings. The van der Waals surface area contributed by atoms with Crippen molar-refractivity contribution in [1.29, 1.82) is 0 Å². The van der Waals surface area contributed by atoms with Crippen LogP contribution in [0.4, 0.5) is 5.69 Å². The van der Waals surface area contributed by atoms with Gasteiger partial charge in [0.1, 0.15) is 17.9 Å². The van der Waals surface area contributed by atoms with Gasteiger partial charge >= 0.3 is 0 Å². The molecule has 0 spiro atoms. The maximum absolute atomic E-state index is 11.7. The van der Waals surface area contributed by atoms with Gasteiger partial charge in [-0.05, 0) is 12.1 Å². The van der Waals surface area contributed by atoms with Crippen LogP contribution in [-0.4, -0.2) is 26.0 Å². The van der Waals surface area contributed by atoms with Crippen molar-refractivity contribution in [1.82, 2.24) is 0 Å². The monoisotopic (exact) mass is 220 g/mol. The van der Waals surface area contributed by atoms with Crippen molar-refractivity contribution in [2.24, 2.45) is 5.10 Å². The van der Waals surface area contributed by atoms with Crippen molar-refractivity contribution in [2.45, 2.75) is 6.42 Å². The highest BCUT2D eigenvalue weighted by Gasteiger charge is 2.27. The van der Waals surface area contributed by atoms with E-state index < -0.39 is 0 Å². The SMILES string of the molecule is COC1=NN(c2ccccc2OC)C(=O)C1. The topological polar surface area (TPSA) is 51.1 Å². The minimum Gasteiger partial charge on any atom is -0.494 e.